The first-order chi connectivity index (χ1) is 15.1. The minimum atomic E-state index is -0.672. The maximum atomic E-state index is 13.0. The number of carbonyl (C=O) groups is 2. The van der Waals surface area contributed by atoms with Gasteiger partial charge in [-0.3, -0.25) is 19.8 Å². The fourth-order valence-corrected chi connectivity index (χ4v) is 3.69. The van der Waals surface area contributed by atoms with E-state index in [1.54, 1.807) is 16.6 Å². The van der Waals surface area contributed by atoms with Crippen molar-refractivity contribution in [3.63, 3.8) is 0 Å². The molecule has 11 heteroatoms. The zero-order valence-electron chi connectivity index (χ0n) is 17.1. The maximum absolute atomic E-state index is 13.0. The lowest BCUT2D eigenvalue weighted by atomic mass is 10.2. The van der Waals surface area contributed by atoms with Crippen molar-refractivity contribution in [2.75, 3.05) is 30.2 Å². The van der Waals surface area contributed by atoms with Crippen molar-refractivity contribution < 1.29 is 9.59 Å². The molecule has 2 amide bonds. The molecule has 0 radical (unpaired) electrons. The van der Waals surface area contributed by atoms with E-state index in [-0.39, 0.29) is 11.7 Å². The zero-order valence-corrected chi connectivity index (χ0v) is 17.1. The second-order valence-electron chi connectivity index (χ2n) is 7.65. The standard InChI is InChI=1S/C20H23N9O2/c1-26-17-9-16(27-11-21-12-27)24-29(17)8-7-15(20(26)31)23-19(30)18-22-13-28(25-18)10-14-5-3-2-4-6-14/h2-6,9,13,15,21H,7-8,10-12H2,1H3,(H,23,30)/t15-/m0/s1. The number of hydrogen-bond acceptors (Lipinski definition) is 7. The molecule has 0 aliphatic carbocycles. The molecule has 2 aromatic heterocycles. The highest BCUT2D eigenvalue weighted by Crippen LogP contribution is 2.26. The van der Waals surface area contributed by atoms with E-state index in [2.05, 4.69) is 30.7 Å². The summed E-state index contributed by atoms with van der Waals surface area (Å²) in [7, 11) is 1.70. The second-order valence-corrected chi connectivity index (χ2v) is 7.65. The maximum Gasteiger partial charge on any atom is 0.291 e. The molecule has 1 atom stereocenters. The Morgan fingerprint density at radius 1 is 1.23 bits per heavy atom. The first kappa shape index (κ1) is 19.2. The third-order valence-electron chi connectivity index (χ3n) is 5.51. The van der Waals surface area contributed by atoms with Crippen molar-refractivity contribution in [2.24, 2.45) is 0 Å². The second kappa shape index (κ2) is 7.84. The highest BCUT2D eigenvalue weighted by molar-refractivity contribution is 6.01. The molecule has 0 unspecified atom stereocenters. The Balaban J connectivity index is 1.25. The van der Waals surface area contributed by atoms with Crippen LogP contribution >= 0.6 is 0 Å². The molecular formula is C20H23N9O2. The molecular weight excluding hydrogens is 398 g/mol. The van der Waals surface area contributed by atoms with Crippen LogP contribution in [0, 0.1) is 0 Å². The van der Waals surface area contributed by atoms with Crippen molar-refractivity contribution in [2.45, 2.75) is 25.6 Å². The molecule has 1 aromatic carbocycles. The molecule has 31 heavy (non-hydrogen) atoms. The molecule has 11 nitrogen and oxygen atoms in total. The molecule has 1 saturated heterocycles. The van der Waals surface area contributed by atoms with E-state index in [4.69, 9.17) is 0 Å². The van der Waals surface area contributed by atoms with Gasteiger partial charge in [-0.05, 0) is 12.0 Å². The number of anilines is 2. The van der Waals surface area contributed by atoms with Crippen LogP contribution in [-0.4, -0.2) is 62.8 Å². The third kappa shape index (κ3) is 3.75. The summed E-state index contributed by atoms with van der Waals surface area (Å²) >= 11 is 0. The summed E-state index contributed by atoms with van der Waals surface area (Å²) in [5.74, 6) is 0.938. The molecule has 3 aromatic rings. The summed E-state index contributed by atoms with van der Waals surface area (Å²) < 4.78 is 3.41. The van der Waals surface area contributed by atoms with Crippen LogP contribution in [0.25, 0.3) is 0 Å². The molecule has 160 valence electrons. The van der Waals surface area contributed by atoms with Gasteiger partial charge >= 0.3 is 0 Å². The van der Waals surface area contributed by atoms with Gasteiger partial charge in [0.15, 0.2) is 5.82 Å². The normalized spacial score (nSPS) is 18.4. The molecule has 0 spiro atoms. The van der Waals surface area contributed by atoms with E-state index in [1.807, 2.05) is 41.1 Å². The first-order valence-electron chi connectivity index (χ1n) is 10.1. The highest BCUT2D eigenvalue weighted by atomic mass is 16.2. The molecule has 1 fully saturated rings. The Hall–Kier alpha value is -3.73. The van der Waals surface area contributed by atoms with E-state index in [0.717, 1.165) is 24.7 Å². The van der Waals surface area contributed by atoms with Crippen LogP contribution in [0.3, 0.4) is 0 Å². The molecule has 2 aliphatic heterocycles. The molecule has 2 N–H and O–H groups in total. The van der Waals surface area contributed by atoms with Crippen LogP contribution in [0.1, 0.15) is 22.6 Å². The van der Waals surface area contributed by atoms with Crippen molar-refractivity contribution in [3.8, 4) is 0 Å². The number of hydrogen-bond donors (Lipinski definition) is 2. The monoisotopic (exact) mass is 421 g/mol. The van der Waals surface area contributed by atoms with Crippen LogP contribution < -0.4 is 20.4 Å². The first-order valence-corrected chi connectivity index (χ1v) is 10.1. The van der Waals surface area contributed by atoms with Crippen LogP contribution in [0.4, 0.5) is 11.6 Å². The summed E-state index contributed by atoms with van der Waals surface area (Å²) in [4.78, 5) is 33.4. The summed E-state index contributed by atoms with van der Waals surface area (Å²) in [6.07, 6.45) is 1.96. The average Bonchev–Trinajstić information content (AvgIpc) is 3.34. The summed E-state index contributed by atoms with van der Waals surface area (Å²) in [5, 5.41) is 14.8. The number of nitrogens with one attached hydrogen (secondary N) is 2. The predicted molar refractivity (Wildman–Crippen MR) is 112 cm³/mol. The Bertz CT molecular complexity index is 1100. The van der Waals surface area contributed by atoms with Gasteiger partial charge in [0.25, 0.3) is 11.8 Å². The fraction of sp³-hybridized carbons (Fsp3) is 0.350. The molecule has 5 rings (SSSR count). The lowest BCUT2D eigenvalue weighted by Crippen LogP contribution is -2.52. The van der Waals surface area contributed by atoms with E-state index in [1.165, 1.54) is 6.33 Å². The topological polar surface area (TPSA) is 113 Å². The average molecular weight is 421 g/mol. The number of benzene rings is 1. The van der Waals surface area contributed by atoms with E-state index in [9.17, 15) is 9.59 Å². The Labute approximate surface area is 178 Å². The van der Waals surface area contributed by atoms with Gasteiger partial charge in [0.05, 0.1) is 19.9 Å². The molecule has 4 heterocycles. The predicted octanol–water partition coefficient (Wildman–Crippen LogP) is 0.0126. The number of rotatable bonds is 5. The number of likely N-dealkylation sites (N-methyl/N-ethyl adjacent to an activating group) is 1. The lowest BCUT2D eigenvalue weighted by molar-refractivity contribution is -0.120. The van der Waals surface area contributed by atoms with Gasteiger partial charge in [-0.2, -0.15) is 5.10 Å². The minimum Gasteiger partial charge on any atom is -0.337 e. The van der Waals surface area contributed by atoms with Crippen molar-refractivity contribution in [1.82, 2.24) is 35.2 Å². The number of fused-ring (bicyclic) bond motifs is 1. The summed E-state index contributed by atoms with van der Waals surface area (Å²) in [6.45, 7) is 2.53. The van der Waals surface area contributed by atoms with Crippen molar-refractivity contribution in [1.29, 1.82) is 0 Å². The number of aromatic nitrogens is 5. The van der Waals surface area contributed by atoms with Crippen LogP contribution in [0.5, 0.6) is 0 Å². The van der Waals surface area contributed by atoms with E-state index in [0.29, 0.717) is 25.3 Å². The summed E-state index contributed by atoms with van der Waals surface area (Å²) in [5.41, 5.74) is 1.06. The molecule has 2 aliphatic rings. The number of nitrogens with zero attached hydrogens (tertiary/aromatic N) is 7. The lowest BCUT2D eigenvalue weighted by Gasteiger charge is -2.31. The van der Waals surface area contributed by atoms with Gasteiger partial charge in [0, 0.05) is 19.7 Å². The molecule has 0 saturated carbocycles. The quantitative estimate of drug-likeness (QED) is 0.597. The van der Waals surface area contributed by atoms with Gasteiger partial charge in [-0.25, -0.2) is 14.3 Å². The van der Waals surface area contributed by atoms with Crippen molar-refractivity contribution in [3.05, 3.63) is 54.1 Å². The van der Waals surface area contributed by atoms with Crippen molar-refractivity contribution >= 4 is 23.5 Å². The minimum absolute atomic E-state index is 0.0425. The van der Waals surface area contributed by atoms with Crippen LogP contribution in [0.2, 0.25) is 0 Å². The Kier molecular flexibility index (Phi) is 4.86. The van der Waals surface area contributed by atoms with Gasteiger partial charge < -0.3 is 10.2 Å². The number of aryl methyl sites for hydroxylation is 1. The fourth-order valence-electron chi connectivity index (χ4n) is 3.69. The zero-order chi connectivity index (χ0) is 21.4. The van der Waals surface area contributed by atoms with Gasteiger partial charge in [0.2, 0.25) is 5.82 Å². The SMILES string of the molecule is CN1C(=O)[C@@H](NC(=O)c2ncn(Cc3ccccc3)n2)CCn2nc(N3CNC3)cc21. The van der Waals surface area contributed by atoms with Gasteiger partial charge in [-0.15, -0.1) is 5.10 Å². The Morgan fingerprint density at radius 3 is 2.77 bits per heavy atom. The van der Waals surface area contributed by atoms with Crippen LogP contribution in [0.15, 0.2) is 42.7 Å². The smallest absolute Gasteiger partial charge is 0.291 e. The number of carbonyl (C=O) groups excluding carboxylic acids is 2. The Morgan fingerprint density at radius 2 is 2.03 bits per heavy atom. The third-order valence-corrected chi connectivity index (χ3v) is 5.51. The van der Waals surface area contributed by atoms with E-state index >= 15 is 0 Å². The van der Waals surface area contributed by atoms with E-state index < -0.39 is 11.9 Å². The largest absolute Gasteiger partial charge is 0.337 e. The number of amides is 2. The van der Waals surface area contributed by atoms with Gasteiger partial charge in [0.1, 0.15) is 18.2 Å². The highest BCUT2D eigenvalue weighted by Gasteiger charge is 2.32. The van der Waals surface area contributed by atoms with Gasteiger partial charge in [-0.1, -0.05) is 30.3 Å². The molecule has 0 bridgehead atoms. The van der Waals surface area contributed by atoms with Crippen LogP contribution in [-0.2, 0) is 17.9 Å². The summed E-state index contributed by atoms with van der Waals surface area (Å²) in [6, 6.07) is 11.0.